The Kier molecular flexibility index (Phi) is 9.49. The van der Waals surface area contributed by atoms with E-state index in [1.807, 2.05) is 24.3 Å². The number of sulfone groups is 1. The summed E-state index contributed by atoms with van der Waals surface area (Å²) in [6, 6.07) is 14.3. The van der Waals surface area contributed by atoms with Crippen LogP contribution in [0.4, 0.5) is 11.4 Å². The lowest BCUT2D eigenvalue weighted by Gasteiger charge is -2.29. The molecule has 2 N–H and O–H groups in total. The van der Waals surface area contributed by atoms with Crippen molar-refractivity contribution in [3.63, 3.8) is 0 Å². The number of fused-ring (bicyclic) bond motifs is 1. The lowest BCUT2D eigenvalue weighted by atomic mass is 10.1. The predicted molar refractivity (Wildman–Crippen MR) is 129 cm³/mol. The van der Waals surface area contributed by atoms with Gasteiger partial charge < -0.3 is 15.5 Å². The number of halogens is 2. The number of nitrogens with zero attached hydrogens (tertiary/aromatic N) is 1. The van der Waals surface area contributed by atoms with Crippen LogP contribution in [0.15, 0.2) is 53.0 Å². The molecule has 0 aromatic heterocycles. The highest BCUT2D eigenvalue weighted by molar-refractivity contribution is 9.10. The summed E-state index contributed by atoms with van der Waals surface area (Å²) in [5, 5.41) is 7.42. The fourth-order valence-corrected chi connectivity index (χ4v) is 3.35. The van der Waals surface area contributed by atoms with Gasteiger partial charge in [-0.15, -0.1) is 0 Å². The van der Waals surface area contributed by atoms with E-state index in [0.717, 1.165) is 54.7 Å². The van der Waals surface area contributed by atoms with Crippen LogP contribution in [0.1, 0.15) is 5.56 Å². The van der Waals surface area contributed by atoms with Gasteiger partial charge in [-0.2, -0.15) is 0 Å². The van der Waals surface area contributed by atoms with E-state index in [9.17, 15) is 8.42 Å². The van der Waals surface area contributed by atoms with Crippen molar-refractivity contribution in [1.29, 1.82) is 0 Å². The number of nitrogens with one attached hydrogen (secondary N) is 2. The van der Waals surface area contributed by atoms with Crippen LogP contribution in [0.2, 0.25) is 5.02 Å². The lowest BCUT2D eigenvalue weighted by Crippen LogP contribution is -2.43. The molecule has 8 heteroatoms. The maximum Gasteiger partial charge on any atom is 0.144 e. The summed E-state index contributed by atoms with van der Waals surface area (Å²) in [7, 11) is -2.67. The van der Waals surface area contributed by atoms with Crippen molar-refractivity contribution in [2.75, 3.05) is 55.5 Å². The minimum atomic E-state index is -2.67. The van der Waals surface area contributed by atoms with Gasteiger partial charge in [-0.1, -0.05) is 45.7 Å². The van der Waals surface area contributed by atoms with Gasteiger partial charge in [-0.05, 0) is 42.0 Å². The van der Waals surface area contributed by atoms with Crippen molar-refractivity contribution >= 4 is 54.8 Å². The first-order valence-corrected chi connectivity index (χ1v) is 12.8. The van der Waals surface area contributed by atoms with Crippen LogP contribution in [0.25, 0.3) is 6.08 Å². The van der Waals surface area contributed by atoms with Crippen LogP contribution < -0.4 is 15.5 Å². The maximum atomic E-state index is 9.63. The SMILES string of the molecule is Brc1ccc2c(c1)C=CCN2.CS(C)(=O)=O.Clc1cccc(N2CCNCC2)c1. The molecule has 1 fully saturated rings. The maximum absolute atomic E-state index is 9.63. The van der Waals surface area contributed by atoms with Crippen molar-refractivity contribution in [3.8, 4) is 0 Å². The number of hydrogen-bond acceptors (Lipinski definition) is 5. The first-order valence-electron chi connectivity index (χ1n) is 9.28. The lowest BCUT2D eigenvalue weighted by molar-refractivity contribution is 0.589. The van der Waals surface area contributed by atoms with Crippen LogP contribution in [-0.4, -0.2) is 53.7 Å². The zero-order valence-electron chi connectivity index (χ0n) is 16.7. The average Bonchev–Trinajstić information content (AvgIpc) is 2.68. The number of anilines is 2. The minimum Gasteiger partial charge on any atom is -0.381 e. The highest BCUT2D eigenvalue weighted by Gasteiger charge is 2.09. The third-order valence-electron chi connectivity index (χ3n) is 4.01. The normalized spacial score (nSPS) is 15.1. The molecule has 2 aromatic carbocycles. The zero-order chi connectivity index (χ0) is 21.3. The van der Waals surface area contributed by atoms with Gasteiger partial charge in [0.1, 0.15) is 9.84 Å². The zero-order valence-corrected chi connectivity index (χ0v) is 19.8. The summed E-state index contributed by atoms with van der Waals surface area (Å²) >= 11 is 9.35. The Bertz CT molecular complexity index is 921. The molecule has 5 nitrogen and oxygen atoms in total. The summed E-state index contributed by atoms with van der Waals surface area (Å²) in [4.78, 5) is 2.35. The van der Waals surface area contributed by atoms with Gasteiger partial charge in [0.25, 0.3) is 0 Å². The number of hydrogen-bond donors (Lipinski definition) is 2. The molecular formula is C21H27BrClN3O2S. The van der Waals surface area contributed by atoms with E-state index in [2.05, 4.69) is 61.8 Å². The molecule has 2 aromatic rings. The van der Waals surface area contributed by atoms with Crippen molar-refractivity contribution in [3.05, 3.63) is 63.6 Å². The molecule has 1 saturated heterocycles. The molecule has 0 aliphatic carbocycles. The second-order valence-corrected chi connectivity index (χ2v) is 10.5. The van der Waals surface area contributed by atoms with E-state index in [1.54, 1.807) is 0 Å². The molecular weight excluding hydrogens is 474 g/mol. The summed E-state index contributed by atoms with van der Waals surface area (Å²) in [6.07, 6.45) is 6.57. The first kappa shape index (κ1) is 23.7. The van der Waals surface area contributed by atoms with Crippen LogP contribution in [0.5, 0.6) is 0 Å². The number of rotatable bonds is 1. The molecule has 29 heavy (non-hydrogen) atoms. The van der Waals surface area contributed by atoms with E-state index < -0.39 is 9.84 Å². The van der Waals surface area contributed by atoms with Crippen LogP contribution in [0, 0.1) is 0 Å². The van der Waals surface area contributed by atoms with E-state index in [-0.39, 0.29) is 0 Å². The van der Waals surface area contributed by atoms with Gasteiger partial charge in [0, 0.05) is 66.1 Å². The van der Waals surface area contributed by atoms with Crippen molar-refractivity contribution in [1.82, 2.24) is 5.32 Å². The van der Waals surface area contributed by atoms with Gasteiger partial charge in [0.15, 0.2) is 0 Å². The fourth-order valence-electron chi connectivity index (χ4n) is 2.78. The minimum absolute atomic E-state index is 0.816. The van der Waals surface area contributed by atoms with Crippen LogP contribution >= 0.6 is 27.5 Å². The van der Waals surface area contributed by atoms with Gasteiger partial charge in [0.2, 0.25) is 0 Å². The molecule has 158 valence electrons. The molecule has 0 amide bonds. The Morgan fingerprint density at radius 3 is 2.41 bits per heavy atom. The smallest absolute Gasteiger partial charge is 0.144 e. The van der Waals surface area contributed by atoms with E-state index in [0.29, 0.717) is 0 Å². The van der Waals surface area contributed by atoms with Gasteiger partial charge in [0.05, 0.1) is 0 Å². The Morgan fingerprint density at radius 2 is 1.76 bits per heavy atom. The topological polar surface area (TPSA) is 61.4 Å². The molecule has 0 bridgehead atoms. The van der Waals surface area contributed by atoms with E-state index >= 15 is 0 Å². The second kappa shape index (κ2) is 11.6. The molecule has 0 spiro atoms. The Labute approximate surface area is 187 Å². The molecule has 2 aliphatic heterocycles. The third kappa shape index (κ3) is 9.67. The van der Waals surface area contributed by atoms with Crippen LogP contribution in [-0.2, 0) is 9.84 Å². The van der Waals surface area contributed by atoms with Gasteiger partial charge in [-0.25, -0.2) is 8.42 Å². The Morgan fingerprint density at radius 1 is 1.07 bits per heavy atom. The van der Waals surface area contributed by atoms with Crippen molar-refractivity contribution < 1.29 is 8.42 Å². The summed E-state index contributed by atoms with van der Waals surface area (Å²) in [5.41, 5.74) is 3.70. The largest absolute Gasteiger partial charge is 0.381 e. The van der Waals surface area contributed by atoms with Crippen LogP contribution in [0.3, 0.4) is 0 Å². The number of benzene rings is 2. The highest BCUT2D eigenvalue weighted by atomic mass is 79.9. The van der Waals surface area contributed by atoms with Gasteiger partial charge >= 0.3 is 0 Å². The molecule has 0 saturated carbocycles. The Balaban J connectivity index is 0.000000171. The van der Waals surface area contributed by atoms with Crippen molar-refractivity contribution in [2.24, 2.45) is 0 Å². The molecule has 4 rings (SSSR count). The summed E-state index contributed by atoms with van der Waals surface area (Å²) in [6.45, 7) is 5.20. The Hall–Kier alpha value is -1.54. The monoisotopic (exact) mass is 499 g/mol. The average molecular weight is 501 g/mol. The fraction of sp³-hybridized carbons (Fsp3) is 0.333. The standard InChI is InChI=1S/C10H13ClN2.C9H8BrN.C2H6O2S/c11-9-2-1-3-10(8-9)13-6-4-12-5-7-13;10-8-3-4-9-7(6-8)2-1-5-11-9;1-5(2,3)4/h1-3,8,12H,4-7H2;1-4,6,11H,5H2;1-2H3. The van der Waals surface area contributed by atoms with E-state index in [4.69, 9.17) is 11.6 Å². The quantitative estimate of drug-likeness (QED) is 0.611. The summed E-state index contributed by atoms with van der Waals surface area (Å²) < 4.78 is 20.4. The van der Waals surface area contributed by atoms with Crippen molar-refractivity contribution in [2.45, 2.75) is 0 Å². The predicted octanol–water partition coefficient (Wildman–Crippen LogP) is 4.30. The van der Waals surface area contributed by atoms with E-state index in [1.165, 1.54) is 16.9 Å². The summed E-state index contributed by atoms with van der Waals surface area (Å²) in [5.74, 6) is 0. The molecule has 2 heterocycles. The third-order valence-corrected chi connectivity index (χ3v) is 4.74. The molecule has 0 unspecified atom stereocenters. The highest BCUT2D eigenvalue weighted by Crippen LogP contribution is 2.24. The number of piperazine rings is 1. The first-order chi connectivity index (χ1) is 13.7. The van der Waals surface area contributed by atoms with Gasteiger partial charge in [-0.3, -0.25) is 0 Å². The molecule has 0 radical (unpaired) electrons. The molecule has 2 aliphatic rings. The second-order valence-electron chi connectivity index (χ2n) is 6.87. The molecule has 0 atom stereocenters.